The number of nitrogens with one attached hydrogen (secondary N) is 1. The van der Waals surface area contributed by atoms with E-state index in [0.717, 1.165) is 25.4 Å². The minimum absolute atomic E-state index is 0.229. The first-order valence-electron chi connectivity index (χ1n) is 4.95. The third-order valence-corrected chi connectivity index (χ3v) is 2.82. The second-order valence-corrected chi connectivity index (χ2v) is 4.25. The van der Waals surface area contributed by atoms with Gasteiger partial charge in [-0.05, 0) is 26.5 Å². The average molecular weight is 195 g/mol. The second-order valence-electron chi connectivity index (χ2n) is 4.25. The molecule has 1 aliphatic rings. The summed E-state index contributed by atoms with van der Waals surface area (Å²) in [6.45, 7) is 6.87. The Balaban J connectivity index is 2.27. The fourth-order valence-corrected chi connectivity index (χ4v) is 2.10. The zero-order chi connectivity index (χ0) is 10.2. The van der Waals surface area contributed by atoms with Crippen LogP contribution in [0.2, 0.25) is 0 Å². The highest BCUT2D eigenvalue weighted by Crippen LogP contribution is 2.29. The molecule has 0 radical (unpaired) electrons. The van der Waals surface area contributed by atoms with Gasteiger partial charge in [-0.1, -0.05) is 0 Å². The highest BCUT2D eigenvalue weighted by atomic mass is 16.5. The van der Waals surface area contributed by atoms with Crippen LogP contribution >= 0.6 is 0 Å². The number of rotatable bonds is 1. The SMILES string of the molecule is Cc1cn[nH]c1[C@]1(C)CN(C)CCO1. The van der Waals surface area contributed by atoms with E-state index in [-0.39, 0.29) is 5.60 Å². The van der Waals surface area contributed by atoms with E-state index in [0.29, 0.717) is 0 Å². The van der Waals surface area contributed by atoms with Crippen molar-refractivity contribution in [2.24, 2.45) is 0 Å². The summed E-state index contributed by atoms with van der Waals surface area (Å²) < 4.78 is 5.85. The summed E-state index contributed by atoms with van der Waals surface area (Å²) in [4.78, 5) is 2.28. The summed E-state index contributed by atoms with van der Waals surface area (Å²) >= 11 is 0. The van der Waals surface area contributed by atoms with Gasteiger partial charge < -0.3 is 9.64 Å². The van der Waals surface area contributed by atoms with Crippen LogP contribution in [0, 0.1) is 6.92 Å². The molecule has 1 saturated heterocycles. The van der Waals surface area contributed by atoms with Gasteiger partial charge in [0.1, 0.15) is 5.60 Å². The number of morpholine rings is 1. The molecule has 1 aromatic heterocycles. The molecule has 4 nitrogen and oxygen atoms in total. The Hall–Kier alpha value is -0.870. The van der Waals surface area contributed by atoms with Gasteiger partial charge in [-0.3, -0.25) is 5.10 Å². The highest BCUT2D eigenvalue weighted by molar-refractivity contribution is 5.21. The van der Waals surface area contributed by atoms with E-state index in [9.17, 15) is 0 Å². The third kappa shape index (κ3) is 1.55. The molecule has 14 heavy (non-hydrogen) atoms. The maximum Gasteiger partial charge on any atom is 0.119 e. The molecule has 2 heterocycles. The van der Waals surface area contributed by atoms with Crippen molar-refractivity contribution in [3.8, 4) is 0 Å². The van der Waals surface area contributed by atoms with Crippen molar-refractivity contribution in [3.05, 3.63) is 17.5 Å². The molecular weight excluding hydrogens is 178 g/mol. The molecule has 0 unspecified atom stereocenters. The second kappa shape index (κ2) is 3.37. The average Bonchev–Trinajstić information content (AvgIpc) is 2.51. The molecule has 78 valence electrons. The number of aryl methyl sites for hydroxylation is 1. The lowest BCUT2D eigenvalue weighted by atomic mass is 9.97. The molecule has 0 bridgehead atoms. The van der Waals surface area contributed by atoms with Crippen LogP contribution in [0.15, 0.2) is 6.20 Å². The van der Waals surface area contributed by atoms with Gasteiger partial charge >= 0.3 is 0 Å². The first-order chi connectivity index (χ1) is 6.62. The summed E-state index contributed by atoms with van der Waals surface area (Å²) in [5.41, 5.74) is 2.04. The van der Waals surface area contributed by atoms with E-state index in [2.05, 4.69) is 36.0 Å². The zero-order valence-corrected chi connectivity index (χ0v) is 9.00. The molecule has 0 aromatic carbocycles. The summed E-state index contributed by atoms with van der Waals surface area (Å²) in [6.07, 6.45) is 1.85. The Bertz CT molecular complexity index is 323. The van der Waals surface area contributed by atoms with Gasteiger partial charge in [0.2, 0.25) is 0 Å². The predicted octanol–water partition coefficient (Wildman–Crippen LogP) is 0.895. The molecule has 2 rings (SSSR count). The number of likely N-dealkylation sites (N-methyl/N-ethyl adjacent to an activating group) is 1. The minimum atomic E-state index is -0.229. The van der Waals surface area contributed by atoms with E-state index in [1.54, 1.807) is 0 Å². The Morgan fingerprint density at radius 1 is 1.64 bits per heavy atom. The quantitative estimate of drug-likeness (QED) is 0.723. The van der Waals surface area contributed by atoms with Gasteiger partial charge in [0.05, 0.1) is 18.5 Å². The lowest BCUT2D eigenvalue weighted by Gasteiger charge is -2.38. The van der Waals surface area contributed by atoms with E-state index in [1.165, 1.54) is 5.56 Å². The molecule has 4 heteroatoms. The zero-order valence-electron chi connectivity index (χ0n) is 9.00. The first-order valence-corrected chi connectivity index (χ1v) is 4.95. The van der Waals surface area contributed by atoms with E-state index < -0.39 is 0 Å². The van der Waals surface area contributed by atoms with Gasteiger partial charge in [-0.2, -0.15) is 5.10 Å². The topological polar surface area (TPSA) is 41.2 Å². The van der Waals surface area contributed by atoms with Crippen LogP contribution in [0.3, 0.4) is 0 Å². The smallest absolute Gasteiger partial charge is 0.119 e. The minimum Gasteiger partial charge on any atom is -0.366 e. The highest BCUT2D eigenvalue weighted by Gasteiger charge is 2.34. The summed E-state index contributed by atoms with van der Waals surface area (Å²) in [6, 6.07) is 0. The molecule has 1 atom stereocenters. The maximum atomic E-state index is 5.85. The molecule has 0 amide bonds. The number of hydrogen-bond donors (Lipinski definition) is 1. The van der Waals surface area contributed by atoms with Gasteiger partial charge in [0.25, 0.3) is 0 Å². The van der Waals surface area contributed by atoms with Crippen molar-refractivity contribution in [2.45, 2.75) is 19.4 Å². The van der Waals surface area contributed by atoms with Crippen molar-refractivity contribution in [1.82, 2.24) is 15.1 Å². The van der Waals surface area contributed by atoms with Crippen LogP contribution < -0.4 is 0 Å². The molecular formula is C10H17N3O. The Kier molecular flexibility index (Phi) is 2.33. The molecule has 1 N–H and O–H groups in total. The van der Waals surface area contributed by atoms with Crippen LogP contribution in [0.4, 0.5) is 0 Å². The Labute approximate surface area is 84.3 Å². The van der Waals surface area contributed by atoms with Crippen LogP contribution in [-0.4, -0.2) is 41.8 Å². The number of aromatic nitrogens is 2. The van der Waals surface area contributed by atoms with Gasteiger partial charge in [-0.25, -0.2) is 0 Å². The molecule has 1 aromatic rings. The molecule has 1 aliphatic heterocycles. The number of nitrogens with zero attached hydrogens (tertiary/aromatic N) is 2. The lowest BCUT2D eigenvalue weighted by Crippen LogP contribution is -2.46. The van der Waals surface area contributed by atoms with Gasteiger partial charge in [0, 0.05) is 13.1 Å². The fourth-order valence-electron chi connectivity index (χ4n) is 2.10. The van der Waals surface area contributed by atoms with Gasteiger partial charge in [-0.15, -0.1) is 0 Å². The largest absolute Gasteiger partial charge is 0.366 e. The molecule has 0 spiro atoms. The van der Waals surface area contributed by atoms with Crippen molar-refractivity contribution >= 4 is 0 Å². The van der Waals surface area contributed by atoms with Crippen LogP contribution in [0.5, 0.6) is 0 Å². The molecule has 0 aliphatic carbocycles. The fraction of sp³-hybridized carbons (Fsp3) is 0.700. The monoisotopic (exact) mass is 195 g/mol. The molecule has 0 saturated carbocycles. The summed E-state index contributed by atoms with van der Waals surface area (Å²) in [7, 11) is 2.12. The summed E-state index contributed by atoms with van der Waals surface area (Å²) in [5.74, 6) is 0. The van der Waals surface area contributed by atoms with E-state index >= 15 is 0 Å². The first kappa shape index (κ1) is 9.68. The standard InChI is InChI=1S/C10H17N3O/c1-8-6-11-12-9(8)10(2)7-13(3)4-5-14-10/h6H,4-5,7H2,1-3H3,(H,11,12)/t10-/m0/s1. The summed E-state index contributed by atoms with van der Waals surface area (Å²) in [5, 5.41) is 7.08. The lowest BCUT2D eigenvalue weighted by molar-refractivity contribution is -0.0991. The van der Waals surface area contributed by atoms with Crippen LogP contribution in [-0.2, 0) is 10.3 Å². The number of hydrogen-bond acceptors (Lipinski definition) is 3. The van der Waals surface area contributed by atoms with Crippen molar-refractivity contribution in [3.63, 3.8) is 0 Å². The van der Waals surface area contributed by atoms with Crippen molar-refractivity contribution < 1.29 is 4.74 Å². The maximum absolute atomic E-state index is 5.85. The predicted molar refractivity (Wildman–Crippen MR) is 54.1 cm³/mol. The van der Waals surface area contributed by atoms with Crippen molar-refractivity contribution in [2.75, 3.05) is 26.7 Å². The van der Waals surface area contributed by atoms with Crippen LogP contribution in [0.1, 0.15) is 18.2 Å². The van der Waals surface area contributed by atoms with E-state index in [4.69, 9.17) is 4.74 Å². The Morgan fingerprint density at radius 2 is 2.43 bits per heavy atom. The molecule has 1 fully saturated rings. The van der Waals surface area contributed by atoms with E-state index in [1.807, 2.05) is 6.20 Å². The third-order valence-electron chi connectivity index (χ3n) is 2.82. The number of ether oxygens (including phenoxy) is 1. The van der Waals surface area contributed by atoms with Crippen LogP contribution in [0.25, 0.3) is 0 Å². The Morgan fingerprint density at radius 3 is 3.00 bits per heavy atom. The normalized spacial score (nSPS) is 29.4. The number of H-pyrrole nitrogens is 1. The van der Waals surface area contributed by atoms with Gasteiger partial charge in [0.15, 0.2) is 0 Å². The van der Waals surface area contributed by atoms with Crippen molar-refractivity contribution in [1.29, 1.82) is 0 Å². The number of aromatic amines is 1.